The van der Waals surface area contributed by atoms with Crippen LogP contribution >= 0.6 is 15.9 Å². The third-order valence-electron chi connectivity index (χ3n) is 2.67. The second-order valence-electron chi connectivity index (χ2n) is 4.02. The Labute approximate surface area is 115 Å². The number of halogens is 1. The smallest absolute Gasteiger partial charge is 0.168 e. The number of benzene rings is 1. The molecule has 1 aromatic carbocycles. The van der Waals surface area contributed by atoms with Gasteiger partial charge in [-0.25, -0.2) is 0 Å². The fourth-order valence-corrected chi connectivity index (χ4v) is 1.89. The summed E-state index contributed by atoms with van der Waals surface area (Å²) in [5.74, 6) is 1.59. The van der Waals surface area contributed by atoms with Crippen LogP contribution in [0.25, 0.3) is 0 Å². The van der Waals surface area contributed by atoms with Gasteiger partial charge in [-0.1, -0.05) is 15.9 Å². The van der Waals surface area contributed by atoms with Crippen LogP contribution in [-0.4, -0.2) is 16.3 Å². The van der Waals surface area contributed by atoms with Crippen LogP contribution in [0.1, 0.15) is 12.1 Å². The van der Waals surface area contributed by atoms with Crippen molar-refractivity contribution in [3.8, 4) is 11.5 Å². The maximum absolute atomic E-state index is 5.79. The van der Waals surface area contributed by atoms with Gasteiger partial charge in [0.25, 0.3) is 0 Å². The molecule has 0 bridgehead atoms. The Morgan fingerprint density at radius 2 is 2.06 bits per heavy atom. The molecule has 0 radical (unpaired) electrons. The molecule has 1 heterocycles. The number of hydrogen-bond donors (Lipinski definition) is 1. The lowest BCUT2D eigenvalue weighted by molar-refractivity contribution is 0.474. The summed E-state index contributed by atoms with van der Waals surface area (Å²) in [4.78, 5) is 0. The molecule has 0 unspecified atom stereocenters. The number of hydrogen-bond acceptors (Lipinski definition) is 3. The van der Waals surface area contributed by atoms with E-state index in [0.29, 0.717) is 6.54 Å². The van der Waals surface area contributed by atoms with E-state index in [-0.39, 0.29) is 0 Å². The highest BCUT2D eigenvalue weighted by Crippen LogP contribution is 2.25. The number of ether oxygens (including phenoxy) is 1. The number of aromatic nitrogens is 2. The summed E-state index contributed by atoms with van der Waals surface area (Å²) in [6.45, 7) is 3.49. The standard InChI is InChI=1S/C13H16BrN3O/c1-10-13(9-16-17(10)8-2-7-15)18-12-5-3-11(14)4-6-12/h3-6,9H,2,7-8,15H2,1H3. The minimum absolute atomic E-state index is 0.669. The normalized spacial score (nSPS) is 10.6. The number of rotatable bonds is 5. The Kier molecular flexibility index (Phi) is 4.38. The van der Waals surface area contributed by atoms with Crippen molar-refractivity contribution < 1.29 is 4.74 Å². The zero-order valence-electron chi connectivity index (χ0n) is 10.3. The van der Waals surface area contributed by atoms with Gasteiger partial charge < -0.3 is 10.5 Å². The highest BCUT2D eigenvalue weighted by molar-refractivity contribution is 9.10. The minimum atomic E-state index is 0.669. The van der Waals surface area contributed by atoms with E-state index in [0.717, 1.165) is 34.6 Å². The molecular formula is C13H16BrN3O. The van der Waals surface area contributed by atoms with Crippen molar-refractivity contribution >= 4 is 15.9 Å². The monoisotopic (exact) mass is 309 g/mol. The van der Waals surface area contributed by atoms with Gasteiger partial charge in [0.05, 0.1) is 11.9 Å². The predicted octanol–water partition coefficient (Wildman–Crippen LogP) is 3.10. The summed E-state index contributed by atoms with van der Waals surface area (Å²) in [6.07, 6.45) is 2.66. The first-order chi connectivity index (χ1) is 8.70. The first-order valence-corrected chi connectivity index (χ1v) is 6.66. The predicted molar refractivity (Wildman–Crippen MR) is 74.9 cm³/mol. The van der Waals surface area contributed by atoms with Gasteiger partial charge in [-0.2, -0.15) is 5.10 Å². The molecule has 0 aliphatic heterocycles. The van der Waals surface area contributed by atoms with Gasteiger partial charge >= 0.3 is 0 Å². The van der Waals surface area contributed by atoms with Crippen LogP contribution in [0.4, 0.5) is 0 Å². The van der Waals surface area contributed by atoms with Gasteiger partial charge in [0.15, 0.2) is 5.75 Å². The Bertz CT molecular complexity index is 507. The Hall–Kier alpha value is -1.33. The van der Waals surface area contributed by atoms with Crippen LogP contribution in [0.5, 0.6) is 11.5 Å². The zero-order valence-corrected chi connectivity index (χ0v) is 11.9. The molecule has 2 N–H and O–H groups in total. The third kappa shape index (κ3) is 3.11. The molecule has 0 spiro atoms. The zero-order chi connectivity index (χ0) is 13.0. The van der Waals surface area contributed by atoms with Gasteiger partial charge in [0, 0.05) is 11.0 Å². The molecule has 4 nitrogen and oxygen atoms in total. The summed E-state index contributed by atoms with van der Waals surface area (Å²) in [5.41, 5.74) is 6.51. The van der Waals surface area contributed by atoms with Crippen molar-refractivity contribution in [3.63, 3.8) is 0 Å². The molecule has 2 aromatic rings. The van der Waals surface area contributed by atoms with Crippen LogP contribution in [0.15, 0.2) is 34.9 Å². The third-order valence-corrected chi connectivity index (χ3v) is 3.20. The Morgan fingerprint density at radius 1 is 1.33 bits per heavy atom. The fraction of sp³-hybridized carbons (Fsp3) is 0.308. The van der Waals surface area contributed by atoms with Gasteiger partial charge in [-0.3, -0.25) is 4.68 Å². The van der Waals surface area contributed by atoms with Crippen LogP contribution in [0, 0.1) is 6.92 Å². The molecule has 0 saturated carbocycles. The Morgan fingerprint density at radius 3 is 2.72 bits per heavy atom. The maximum atomic E-state index is 5.79. The Balaban J connectivity index is 2.09. The van der Waals surface area contributed by atoms with Gasteiger partial charge in [-0.15, -0.1) is 0 Å². The molecule has 0 amide bonds. The molecular weight excluding hydrogens is 294 g/mol. The highest BCUT2D eigenvalue weighted by atomic mass is 79.9. The van der Waals surface area contributed by atoms with Crippen molar-refractivity contribution in [2.45, 2.75) is 19.9 Å². The largest absolute Gasteiger partial charge is 0.454 e. The minimum Gasteiger partial charge on any atom is -0.454 e. The van der Waals surface area contributed by atoms with E-state index in [1.54, 1.807) is 6.20 Å². The number of nitrogens with two attached hydrogens (primary N) is 1. The van der Waals surface area contributed by atoms with Crippen LogP contribution in [0.2, 0.25) is 0 Å². The van der Waals surface area contributed by atoms with Crippen molar-refractivity contribution in [2.24, 2.45) is 5.73 Å². The number of nitrogens with zero attached hydrogens (tertiary/aromatic N) is 2. The second kappa shape index (κ2) is 6.02. The van der Waals surface area contributed by atoms with Crippen molar-refractivity contribution in [1.29, 1.82) is 0 Å². The maximum Gasteiger partial charge on any atom is 0.168 e. The molecule has 0 fully saturated rings. The van der Waals surface area contributed by atoms with E-state index in [4.69, 9.17) is 10.5 Å². The molecule has 96 valence electrons. The van der Waals surface area contributed by atoms with Gasteiger partial charge in [0.1, 0.15) is 5.75 Å². The van der Waals surface area contributed by atoms with E-state index in [9.17, 15) is 0 Å². The van der Waals surface area contributed by atoms with E-state index < -0.39 is 0 Å². The van der Waals surface area contributed by atoms with E-state index in [1.165, 1.54) is 0 Å². The van der Waals surface area contributed by atoms with E-state index >= 15 is 0 Å². The lowest BCUT2D eigenvalue weighted by Gasteiger charge is -2.06. The summed E-state index contributed by atoms with van der Waals surface area (Å²) >= 11 is 3.39. The highest BCUT2D eigenvalue weighted by Gasteiger charge is 2.08. The van der Waals surface area contributed by atoms with Crippen LogP contribution in [0.3, 0.4) is 0 Å². The molecule has 5 heteroatoms. The van der Waals surface area contributed by atoms with Crippen molar-refractivity contribution in [2.75, 3.05) is 6.54 Å². The molecule has 18 heavy (non-hydrogen) atoms. The van der Waals surface area contributed by atoms with Gasteiger partial charge in [0.2, 0.25) is 0 Å². The summed E-state index contributed by atoms with van der Waals surface area (Å²) in [5, 5.41) is 4.29. The summed E-state index contributed by atoms with van der Waals surface area (Å²) in [6, 6.07) is 7.73. The average molecular weight is 310 g/mol. The molecule has 0 aliphatic rings. The van der Waals surface area contributed by atoms with Crippen molar-refractivity contribution in [1.82, 2.24) is 9.78 Å². The average Bonchev–Trinajstić information content (AvgIpc) is 2.71. The lowest BCUT2D eigenvalue weighted by Crippen LogP contribution is -2.08. The molecule has 2 rings (SSSR count). The molecule has 0 saturated heterocycles. The molecule has 0 atom stereocenters. The topological polar surface area (TPSA) is 53.1 Å². The summed E-state index contributed by atoms with van der Waals surface area (Å²) in [7, 11) is 0. The van der Waals surface area contributed by atoms with Gasteiger partial charge in [-0.05, 0) is 44.2 Å². The molecule has 0 aliphatic carbocycles. The van der Waals surface area contributed by atoms with Crippen LogP contribution in [-0.2, 0) is 6.54 Å². The second-order valence-corrected chi connectivity index (χ2v) is 4.93. The lowest BCUT2D eigenvalue weighted by atomic mass is 10.3. The molecule has 1 aromatic heterocycles. The van der Waals surface area contributed by atoms with Crippen LogP contribution < -0.4 is 10.5 Å². The fourth-order valence-electron chi connectivity index (χ4n) is 1.63. The first-order valence-electron chi connectivity index (χ1n) is 5.86. The SMILES string of the molecule is Cc1c(Oc2ccc(Br)cc2)cnn1CCCN. The number of aryl methyl sites for hydroxylation is 1. The van der Waals surface area contributed by atoms with E-state index in [2.05, 4.69) is 21.0 Å². The van der Waals surface area contributed by atoms with E-state index in [1.807, 2.05) is 35.9 Å². The quantitative estimate of drug-likeness (QED) is 0.923. The van der Waals surface area contributed by atoms with Crippen molar-refractivity contribution in [3.05, 3.63) is 40.6 Å². The first kappa shape index (κ1) is 13.1. The summed E-state index contributed by atoms with van der Waals surface area (Å²) < 4.78 is 8.74.